The molecule has 1 atom stereocenters. The maximum atomic E-state index is 13.4. The van der Waals surface area contributed by atoms with E-state index in [1.807, 2.05) is 60.4 Å². The molecule has 154 valence electrons. The zero-order chi connectivity index (χ0) is 20.8. The number of nitrogens with zero attached hydrogens (tertiary/aromatic N) is 1. The lowest BCUT2D eigenvalue weighted by molar-refractivity contribution is -0.139. The van der Waals surface area contributed by atoms with Gasteiger partial charge < -0.3 is 9.64 Å². The fraction of sp³-hybridized carbons (Fsp3) is 0.296. The minimum Gasteiger partial charge on any atom is -0.481 e. The molecule has 3 aromatic rings. The highest BCUT2D eigenvalue weighted by Gasteiger charge is 2.24. The summed E-state index contributed by atoms with van der Waals surface area (Å²) in [6.45, 7) is 3.00. The fourth-order valence-electron chi connectivity index (χ4n) is 4.17. The van der Waals surface area contributed by atoms with Gasteiger partial charge in [0.25, 0.3) is 5.91 Å². The number of rotatable bonds is 7. The van der Waals surface area contributed by atoms with Crippen LogP contribution in [0.15, 0.2) is 78.9 Å². The van der Waals surface area contributed by atoms with Gasteiger partial charge in [0, 0.05) is 13.1 Å². The van der Waals surface area contributed by atoms with Crippen LogP contribution < -0.4 is 4.74 Å². The lowest BCUT2D eigenvalue weighted by atomic mass is 9.91. The maximum absolute atomic E-state index is 13.4. The molecule has 0 saturated carbocycles. The Morgan fingerprint density at radius 3 is 2.07 bits per heavy atom. The van der Waals surface area contributed by atoms with Crippen LogP contribution >= 0.6 is 0 Å². The van der Waals surface area contributed by atoms with E-state index in [0.717, 1.165) is 29.7 Å². The zero-order valence-electron chi connectivity index (χ0n) is 17.6. The molecule has 0 unspecified atom stereocenters. The second-order valence-electron chi connectivity index (χ2n) is 8.03. The molecule has 3 heteroatoms. The highest BCUT2D eigenvalue weighted by atomic mass is 16.5. The van der Waals surface area contributed by atoms with Crippen LogP contribution in [-0.4, -0.2) is 16.9 Å². The first-order valence-electron chi connectivity index (χ1n) is 10.8. The average Bonchev–Trinajstić information content (AvgIpc) is 2.80. The first-order chi connectivity index (χ1) is 14.7. The summed E-state index contributed by atoms with van der Waals surface area (Å²) in [4.78, 5) is 15.3. The van der Waals surface area contributed by atoms with E-state index in [4.69, 9.17) is 4.74 Å². The van der Waals surface area contributed by atoms with Gasteiger partial charge in [-0.2, -0.15) is 0 Å². The van der Waals surface area contributed by atoms with E-state index < -0.39 is 6.10 Å². The van der Waals surface area contributed by atoms with E-state index in [9.17, 15) is 4.79 Å². The van der Waals surface area contributed by atoms with Crippen LogP contribution in [0.25, 0.3) is 0 Å². The zero-order valence-corrected chi connectivity index (χ0v) is 17.6. The lowest BCUT2D eigenvalue weighted by Gasteiger charge is -2.28. The molecule has 3 aromatic carbocycles. The molecule has 0 N–H and O–H groups in total. The van der Waals surface area contributed by atoms with Gasteiger partial charge in [0.15, 0.2) is 6.10 Å². The van der Waals surface area contributed by atoms with E-state index in [1.54, 1.807) is 0 Å². The average molecular weight is 400 g/mol. The fourth-order valence-corrected chi connectivity index (χ4v) is 4.17. The van der Waals surface area contributed by atoms with Gasteiger partial charge in [-0.25, -0.2) is 0 Å². The second kappa shape index (κ2) is 9.62. The number of ether oxygens (including phenoxy) is 1. The Labute approximate surface area is 179 Å². The molecule has 1 aliphatic rings. The van der Waals surface area contributed by atoms with Gasteiger partial charge in [0.2, 0.25) is 0 Å². The largest absolute Gasteiger partial charge is 0.481 e. The molecule has 3 nitrogen and oxygen atoms in total. The standard InChI is InChI=1S/C27H29NO2/c1-21(30-26-18-10-16-24-15-8-9-17-25(24)26)27(29)28(19-22-11-4-2-5-12-22)20-23-13-6-3-7-14-23/h2-7,10-14,16,18,21H,8-9,15,17,19-20H2,1H3/t21-/m1/s1. The van der Waals surface area contributed by atoms with Crippen molar-refractivity contribution in [2.75, 3.05) is 0 Å². The molecule has 30 heavy (non-hydrogen) atoms. The Hall–Kier alpha value is -3.07. The van der Waals surface area contributed by atoms with Gasteiger partial charge in [-0.1, -0.05) is 72.8 Å². The lowest BCUT2D eigenvalue weighted by Crippen LogP contribution is -2.39. The third-order valence-electron chi connectivity index (χ3n) is 5.75. The topological polar surface area (TPSA) is 29.5 Å². The van der Waals surface area contributed by atoms with Crippen molar-refractivity contribution >= 4 is 5.91 Å². The summed E-state index contributed by atoms with van der Waals surface area (Å²) in [6, 6.07) is 26.5. The predicted molar refractivity (Wildman–Crippen MR) is 120 cm³/mol. The highest BCUT2D eigenvalue weighted by molar-refractivity contribution is 5.81. The highest BCUT2D eigenvalue weighted by Crippen LogP contribution is 2.30. The van der Waals surface area contributed by atoms with Crippen LogP contribution in [-0.2, 0) is 30.7 Å². The van der Waals surface area contributed by atoms with Crippen molar-refractivity contribution in [2.45, 2.75) is 51.8 Å². The van der Waals surface area contributed by atoms with Gasteiger partial charge >= 0.3 is 0 Å². The number of carbonyl (C=O) groups is 1. The van der Waals surface area contributed by atoms with Gasteiger partial charge in [-0.3, -0.25) is 4.79 Å². The number of hydrogen-bond acceptors (Lipinski definition) is 2. The van der Waals surface area contributed by atoms with Crippen molar-refractivity contribution in [1.29, 1.82) is 0 Å². The summed E-state index contributed by atoms with van der Waals surface area (Å²) in [5.74, 6) is 0.878. The monoisotopic (exact) mass is 399 g/mol. The van der Waals surface area contributed by atoms with E-state index in [0.29, 0.717) is 13.1 Å². The van der Waals surface area contributed by atoms with Gasteiger partial charge in [-0.15, -0.1) is 0 Å². The second-order valence-corrected chi connectivity index (χ2v) is 8.03. The Balaban J connectivity index is 1.53. The van der Waals surface area contributed by atoms with Gasteiger partial charge in [-0.05, 0) is 60.9 Å². The molecule has 4 rings (SSSR count). The molecular weight excluding hydrogens is 370 g/mol. The molecule has 1 amide bonds. The molecule has 0 radical (unpaired) electrons. The molecule has 0 aliphatic heterocycles. The normalized spacial score (nSPS) is 13.9. The molecule has 0 aromatic heterocycles. The third-order valence-corrected chi connectivity index (χ3v) is 5.75. The van der Waals surface area contributed by atoms with Crippen LogP contribution in [0.4, 0.5) is 0 Å². The van der Waals surface area contributed by atoms with Crippen LogP contribution in [0.1, 0.15) is 42.0 Å². The third kappa shape index (κ3) is 4.91. The van der Waals surface area contributed by atoms with E-state index in [-0.39, 0.29) is 5.91 Å². The summed E-state index contributed by atoms with van der Waals surface area (Å²) >= 11 is 0. The first kappa shape index (κ1) is 20.2. The molecule has 0 heterocycles. The smallest absolute Gasteiger partial charge is 0.263 e. The Morgan fingerprint density at radius 1 is 0.833 bits per heavy atom. The van der Waals surface area contributed by atoms with Crippen molar-refractivity contribution < 1.29 is 9.53 Å². The van der Waals surface area contributed by atoms with Crippen LogP contribution in [0.3, 0.4) is 0 Å². The number of hydrogen-bond donors (Lipinski definition) is 0. The quantitative estimate of drug-likeness (QED) is 0.520. The SMILES string of the molecule is C[C@@H](Oc1cccc2c1CCCC2)C(=O)N(Cc1ccccc1)Cc1ccccc1. The van der Waals surface area contributed by atoms with E-state index in [1.165, 1.54) is 24.0 Å². The van der Waals surface area contributed by atoms with Crippen LogP contribution in [0.5, 0.6) is 5.75 Å². The molecule has 0 saturated heterocycles. The minimum atomic E-state index is -0.536. The van der Waals surface area contributed by atoms with E-state index in [2.05, 4.69) is 30.3 Å². The van der Waals surface area contributed by atoms with Crippen molar-refractivity contribution in [3.05, 3.63) is 101 Å². The summed E-state index contributed by atoms with van der Waals surface area (Å²) in [5, 5.41) is 0. The van der Waals surface area contributed by atoms with Crippen molar-refractivity contribution in [3.8, 4) is 5.75 Å². The van der Waals surface area contributed by atoms with Crippen LogP contribution in [0, 0.1) is 0 Å². The number of aryl methyl sites for hydroxylation is 1. The first-order valence-corrected chi connectivity index (χ1v) is 10.8. The Kier molecular flexibility index (Phi) is 6.48. The summed E-state index contributed by atoms with van der Waals surface area (Å²) < 4.78 is 6.24. The molecule has 0 fully saturated rings. The number of benzene rings is 3. The van der Waals surface area contributed by atoms with Gasteiger partial charge in [0.1, 0.15) is 5.75 Å². The number of amides is 1. The van der Waals surface area contributed by atoms with Crippen molar-refractivity contribution in [2.24, 2.45) is 0 Å². The molecule has 0 spiro atoms. The maximum Gasteiger partial charge on any atom is 0.263 e. The summed E-state index contributed by atoms with van der Waals surface area (Å²) in [5.41, 5.74) is 4.88. The summed E-state index contributed by atoms with van der Waals surface area (Å²) in [7, 11) is 0. The predicted octanol–water partition coefficient (Wildman–Crippen LogP) is 5.56. The summed E-state index contributed by atoms with van der Waals surface area (Å²) in [6.07, 6.45) is 4.01. The minimum absolute atomic E-state index is 0.0103. The Morgan fingerprint density at radius 2 is 1.43 bits per heavy atom. The molecule has 1 aliphatic carbocycles. The van der Waals surface area contributed by atoms with Crippen LogP contribution in [0.2, 0.25) is 0 Å². The van der Waals surface area contributed by atoms with Gasteiger partial charge in [0.05, 0.1) is 0 Å². The number of fused-ring (bicyclic) bond motifs is 1. The number of carbonyl (C=O) groups excluding carboxylic acids is 1. The molecule has 0 bridgehead atoms. The van der Waals surface area contributed by atoms with Crippen molar-refractivity contribution in [3.63, 3.8) is 0 Å². The van der Waals surface area contributed by atoms with Crippen molar-refractivity contribution in [1.82, 2.24) is 4.90 Å². The molecular formula is C27H29NO2. The van der Waals surface area contributed by atoms with E-state index >= 15 is 0 Å². The Bertz CT molecular complexity index is 927.